The van der Waals surface area contributed by atoms with Crippen LogP contribution in [-0.2, 0) is 4.74 Å². The molecule has 1 fully saturated rings. The second kappa shape index (κ2) is 12.4. The van der Waals surface area contributed by atoms with E-state index in [-0.39, 0.29) is 73.5 Å². The van der Waals surface area contributed by atoms with Gasteiger partial charge in [-0.15, -0.1) is 11.3 Å². The van der Waals surface area contributed by atoms with Crippen LogP contribution in [0.5, 0.6) is 6.01 Å². The van der Waals surface area contributed by atoms with E-state index < -0.39 is 34.7 Å². The fraction of sp³-hybridized carbons (Fsp3) is 0.300. The van der Waals surface area contributed by atoms with Gasteiger partial charge in [-0.3, -0.25) is 0 Å². The minimum Gasteiger partial charge on any atom is -0.456 e. The lowest BCUT2D eigenvalue weighted by Gasteiger charge is -2.24. The van der Waals surface area contributed by atoms with Crippen LogP contribution in [0.1, 0.15) is 24.0 Å². The monoisotopic (exact) mass is 669 g/mol. The van der Waals surface area contributed by atoms with Gasteiger partial charge in [0.25, 0.3) is 0 Å². The first-order valence-corrected chi connectivity index (χ1v) is 15.2. The van der Waals surface area contributed by atoms with Crippen LogP contribution in [0, 0.1) is 28.8 Å². The van der Waals surface area contributed by atoms with Gasteiger partial charge < -0.3 is 31.2 Å². The highest BCUT2D eigenvalue weighted by molar-refractivity contribution is 7.23. The van der Waals surface area contributed by atoms with Crippen LogP contribution in [0.25, 0.3) is 32.1 Å². The second-order valence-corrected chi connectivity index (χ2v) is 12.5. The first kappa shape index (κ1) is 31.5. The number of nitrogen functional groups attached to an aromatic ring is 2. The average molecular weight is 670 g/mol. The van der Waals surface area contributed by atoms with E-state index in [4.69, 9.17) is 32.5 Å². The highest BCUT2D eigenvalue weighted by atomic mass is 35.5. The van der Waals surface area contributed by atoms with E-state index in [1.165, 1.54) is 12.4 Å². The van der Waals surface area contributed by atoms with Crippen molar-refractivity contribution in [2.24, 2.45) is 0 Å². The van der Waals surface area contributed by atoms with Crippen LogP contribution in [-0.4, -0.2) is 70.8 Å². The van der Waals surface area contributed by atoms with Crippen LogP contribution >= 0.6 is 22.9 Å². The Hall–Kier alpha value is -4.49. The maximum atomic E-state index is 16.8. The zero-order valence-electron chi connectivity index (χ0n) is 24.7. The molecule has 0 spiro atoms. The lowest BCUT2D eigenvalue weighted by atomic mass is 9.96. The van der Waals surface area contributed by atoms with Crippen LogP contribution in [0.3, 0.4) is 0 Å². The van der Waals surface area contributed by atoms with Crippen LogP contribution in [0.2, 0.25) is 5.02 Å². The molecule has 46 heavy (non-hydrogen) atoms. The fourth-order valence-corrected chi connectivity index (χ4v) is 6.73. The molecule has 0 aliphatic carbocycles. The molecule has 0 unspecified atom stereocenters. The molecular formula is C30H27ClF3N9O2S. The SMILES string of the molecule is C[C@@H](CNc1nc(O[C@H]2COC[C@@H]2N(C)C)nc2c(F)c(-c3c(F)cc(F)c4sc(N)c(C#N)c34)c(Cl)cc12)c1cncnc1N. The Morgan fingerprint density at radius 1 is 1.20 bits per heavy atom. The van der Waals surface area contributed by atoms with E-state index in [0.717, 1.165) is 11.3 Å². The molecule has 0 amide bonds. The van der Waals surface area contributed by atoms with Crippen molar-refractivity contribution in [2.45, 2.75) is 25.0 Å². The first-order chi connectivity index (χ1) is 22.0. The molecule has 6 rings (SSSR count). The molecular weight excluding hydrogens is 643 g/mol. The molecule has 1 aliphatic heterocycles. The van der Waals surface area contributed by atoms with Gasteiger partial charge in [-0.25, -0.2) is 23.1 Å². The zero-order chi connectivity index (χ0) is 32.9. The number of hydrogen-bond acceptors (Lipinski definition) is 12. The number of ether oxygens (including phenoxy) is 2. The van der Waals surface area contributed by atoms with Crippen LogP contribution < -0.4 is 21.5 Å². The number of nitriles is 1. The number of aromatic nitrogens is 4. The summed E-state index contributed by atoms with van der Waals surface area (Å²) in [5, 5.41) is 12.7. The normalized spacial score (nSPS) is 17.1. The van der Waals surface area contributed by atoms with Crippen molar-refractivity contribution in [3.63, 3.8) is 0 Å². The van der Waals surface area contributed by atoms with Gasteiger partial charge in [-0.05, 0) is 20.2 Å². The van der Waals surface area contributed by atoms with Crippen LogP contribution in [0.15, 0.2) is 24.7 Å². The van der Waals surface area contributed by atoms with Gasteiger partial charge in [-0.2, -0.15) is 15.2 Å². The van der Waals surface area contributed by atoms with Gasteiger partial charge in [0.15, 0.2) is 5.82 Å². The first-order valence-electron chi connectivity index (χ1n) is 14.0. The molecule has 11 nitrogen and oxygen atoms in total. The number of nitrogens with zero attached hydrogens (tertiary/aromatic N) is 6. The number of anilines is 3. The van der Waals surface area contributed by atoms with Crippen molar-refractivity contribution in [1.82, 2.24) is 24.8 Å². The van der Waals surface area contributed by atoms with Gasteiger partial charge >= 0.3 is 6.01 Å². The van der Waals surface area contributed by atoms with Crippen molar-refractivity contribution in [3.8, 4) is 23.2 Å². The lowest BCUT2D eigenvalue weighted by molar-refractivity contribution is 0.117. The van der Waals surface area contributed by atoms with E-state index in [1.54, 1.807) is 6.20 Å². The number of nitrogens with one attached hydrogen (secondary N) is 1. The number of likely N-dealkylation sites (N-methyl/N-ethyl adjacent to an activating group) is 1. The van der Waals surface area contributed by atoms with Crippen molar-refractivity contribution in [2.75, 3.05) is 50.6 Å². The summed E-state index contributed by atoms with van der Waals surface area (Å²) >= 11 is 7.41. The maximum absolute atomic E-state index is 16.8. The molecule has 3 aromatic heterocycles. The highest BCUT2D eigenvalue weighted by Gasteiger charge is 2.33. The quantitative estimate of drug-likeness (QED) is 0.196. The predicted octanol–water partition coefficient (Wildman–Crippen LogP) is 5.33. The minimum atomic E-state index is -1.13. The second-order valence-electron chi connectivity index (χ2n) is 11.0. The Morgan fingerprint density at radius 3 is 2.70 bits per heavy atom. The predicted molar refractivity (Wildman–Crippen MR) is 170 cm³/mol. The number of fused-ring (bicyclic) bond motifs is 2. The molecule has 0 radical (unpaired) electrons. The van der Waals surface area contributed by atoms with E-state index in [1.807, 2.05) is 32.0 Å². The number of nitrogens with two attached hydrogens (primary N) is 2. The Labute approximate surface area is 269 Å². The van der Waals surface area contributed by atoms with Gasteiger partial charge in [0.2, 0.25) is 0 Å². The summed E-state index contributed by atoms with van der Waals surface area (Å²) in [6, 6.07) is 3.57. The Kier molecular flexibility index (Phi) is 8.47. The summed E-state index contributed by atoms with van der Waals surface area (Å²) in [6.07, 6.45) is 2.48. The van der Waals surface area contributed by atoms with Crippen molar-refractivity contribution in [1.29, 1.82) is 5.26 Å². The molecule has 5 N–H and O–H groups in total. The lowest BCUT2D eigenvalue weighted by Crippen LogP contribution is -2.41. The molecule has 0 saturated carbocycles. The van der Waals surface area contributed by atoms with E-state index >= 15 is 8.78 Å². The molecule has 1 aliphatic rings. The summed E-state index contributed by atoms with van der Waals surface area (Å²) in [7, 11) is 3.76. The maximum Gasteiger partial charge on any atom is 0.319 e. The zero-order valence-corrected chi connectivity index (χ0v) is 26.3. The Morgan fingerprint density at radius 2 is 1.98 bits per heavy atom. The molecule has 3 atom stereocenters. The largest absolute Gasteiger partial charge is 0.456 e. The number of hydrogen-bond donors (Lipinski definition) is 3. The molecule has 2 aromatic carbocycles. The Balaban J connectivity index is 1.53. The Bertz CT molecular complexity index is 2040. The van der Waals surface area contributed by atoms with Gasteiger partial charge in [0.05, 0.1) is 34.5 Å². The fourth-order valence-electron chi connectivity index (χ4n) is 5.51. The molecule has 4 heterocycles. The third-order valence-electron chi connectivity index (χ3n) is 7.92. The summed E-state index contributed by atoms with van der Waals surface area (Å²) in [6.45, 7) is 2.83. The highest BCUT2D eigenvalue weighted by Crippen LogP contribution is 2.46. The number of benzene rings is 2. The minimum absolute atomic E-state index is 0.0436. The summed E-state index contributed by atoms with van der Waals surface area (Å²) in [4.78, 5) is 19.0. The summed E-state index contributed by atoms with van der Waals surface area (Å²) in [5.41, 5.74) is 11.4. The smallest absolute Gasteiger partial charge is 0.319 e. The van der Waals surface area contributed by atoms with Crippen LogP contribution in [0.4, 0.5) is 29.8 Å². The van der Waals surface area contributed by atoms with Crippen molar-refractivity contribution < 1.29 is 22.6 Å². The summed E-state index contributed by atoms with van der Waals surface area (Å²) < 4.78 is 58.8. The topological polar surface area (TPSA) is 161 Å². The number of halogens is 4. The third-order valence-corrected chi connectivity index (χ3v) is 9.24. The molecule has 5 aromatic rings. The molecule has 238 valence electrons. The standard InChI is InChI=1S/C30H27ClF3N9O2S/c1-12(15-8-38-11-40-27(15)36)7-39-29-13-4-16(31)22(23-17(32)5-18(33)26-21(23)14(6-35)28(37)46-26)24(34)25(13)41-30(42-29)45-20-10-44-9-19(20)43(2)3/h4-5,8,11-12,19-20H,7,9-10,37H2,1-3H3,(H2,36,38,40)(H,39,41,42)/t12-,19-,20-/m0/s1. The van der Waals surface area contributed by atoms with E-state index in [2.05, 4.69) is 25.3 Å². The number of thiophene rings is 1. The van der Waals surface area contributed by atoms with Gasteiger partial charge in [0.1, 0.15) is 52.3 Å². The average Bonchev–Trinajstić information content (AvgIpc) is 3.62. The van der Waals surface area contributed by atoms with Crippen molar-refractivity contribution >= 4 is 60.6 Å². The summed E-state index contributed by atoms with van der Waals surface area (Å²) in [5.74, 6) is -2.81. The molecule has 1 saturated heterocycles. The molecule has 0 bridgehead atoms. The van der Waals surface area contributed by atoms with Crippen molar-refractivity contribution in [3.05, 3.63) is 58.3 Å². The van der Waals surface area contributed by atoms with E-state index in [9.17, 15) is 9.65 Å². The molecule has 16 heteroatoms. The van der Waals surface area contributed by atoms with Gasteiger partial charge in [-0.1, -0.05) is 18.5 Å². The third kappa shape index (κ3) is 5.47. The number of rotatable bonds is 8. The van der Waals surface area contributed by atoms with Gasteiger partial charge in [0, 0.05) is 52.2 Å². The van der Waals surface area contributed by atoms with E-state index in [0.29, 0.717) is 24.1 Å².